The van der Waals surface area contributed by atoms with Crippen molar-refractivity contribution in [3.63, 3.8) is 0 Å². The van der Waals surface area contributed by atoms with Gasteiger partial charge in [0.2, 0.25) is 0 Å². The molecule has 0 radical (unpaired) electrons. The third-order valence-electron chi connectivity index (χ3n) is 5.64. The molecule has 0 aliphatic rings. The molecule has 0 spiro atoms. The highest BCUT2D eigenvalue weighted by molar-refractivity contribution is 7.93. The number of rotatable bonds is 6. The van der Waals surface area contributed by atoms with Crippen molar-refractivity contribution < 1.29 is 16.8 Å². The number of hydrogen-bond donors (Lipinski definition) is 2. The summed E-state index contributed by atoms with van der Waals surface area (Å²) in [4.78, 5) is 0.244. The topological polar surface area (TPSA) is 92.3 Å². The molecule has 38 heavy (non-hydrogen) atoms. The molecule has 0 saturated heterocycles. The Bertz CT molecular complexity index is 1640. The molecule has 4 rings (SSSR count). The Kier molecular flexibility index (Phi) is 7.83. The molecule has 0 saturated carbocycles. The Morgan fingerprint density at radius 1 is 0.553 bits per heavy atom. The summed E-state index contributed by atoms with van der Waals surface area (Å²) in [5, 5.41) is 0.372. The van der Waals surface area contributed by atoms with Gasteiger partial charge in [-0.25, -0.2) is 16.8 Å². The number of halogens is 1. The molecule has 0 amide bonds. The molecular formula is C29H25ClN2O4S2. The van der Waals surface area contributed by atoms with Crippen LogP contribution in [0, 0.1) is 32.6 Å². The van der Waals surface area contributed by atoms with Crippen LogP contribution >= 0.6 is 11.6 Å². The van der Waals surface area contributed by atoms with E-state index in [0.717, 1.165) is 16.7 Å². The highest BCUT2D eigenvalue weighted by atomic mass is 35.5. The average Bonchev–Trinajstić information content (AvgIpc) is 2.86. The maximum Gasteiger partial charge on any atom is 0.261 e. The van der Waals surface area contributed by atoms with Gasteiger partial charge < -0.3 is 0 Å². The van der Waals surface area contributed by atoms with Crippen molar-refractivity contribution in [1.82, 2.24) is 0 Å². The predicted octanol–water partition coefficient (Wildman–Crippen LogP) is 6.27. The van der Waals surface area contributed by atoms with Gasteiger partial charge in [-0.15, -0.1) is 0 Å². The minimum absolute atomic E-state index is 0.114. The molecule has 4 aromatic carbocycles. The number of nitrogens with one attached hydrogen (secondary N) is 2. The summed E-state index contributed by atoms with van der Waals surface area (Å²) in [7, 11) is -7.73. The molecule has 0 aliphatic carbocycles. The van der Waals surface area contributed by atoms with Crippen molar-refractivity contribution >= 4 is 43.0 Å². The summed E-state index contributed by atoms with van der Waals surface area (Å²) in [6, 6.07) is 22.8. The summed E-state index contributed by atoms with van der Waals surface area (Å²) in [6.07, 6.45) is 0. The fourth-order valence-corrected chi connectivity index (χ4v) is 5.87. The van der Waals surface area contributed by atoms with Crippen LogP contribution in [0.15, 0.2) is 94.7 Å². The smallest absolute Gasteiger partial charge is 0.261 e. The second kappa shape index (κ2) is 10.9. The molecule has 4 aromatic rings. The molecule has 0 aliphatic heterocycles. The Hall–Kier alpha value is -3.77. The van der Waals surface area contributed by atoms with Crippen LogP contribution in [-0.2, 0) is 20.0 Å². The van der Waals surface area contributed by atoms with Crippen LogP contribution in [-0.4, -0.2) is 16.8 Å². The van der Waals surface area contributed by atoms with Gasteiger partial charge in [0.1, 0.15) is 0 Å². The van der Waals surface area contributed by atoms with Crippen LogP contribution in [0.2, 0.25) is 5.02 Å². The van der Waals surface area contributed by atoms with Gasteiger partial charge in [-0.3, -0.25) is 9.44 Å². The van der Waals surface area contributed by atoms with E-state index in [-0.39, 0.29) is 15.5 Å². The Morgan fingerprint density at radius 3 is 1.42 bits per heavy atom. The van der Waals surface area contributed by atoms with E-state index >= 15 is 0 Å². The lowest BCUT2D eigenvalue weighted by atomic mass is 10.1. The second-order valence-corrected chi connectivity index (χ2v) is 12.6. The second-order valence-electron chi connectivity index (χ2n) is 8.83. The first-order chi connectivity index (χ1) is 17.9. The van der Waals surface area contributed by atoms with Crippen molar-refractivity contribution in [2.75, 3.05) is 9.44 Å². The van der Waals surface area contributed by atoms with E-state index in [4.69, 9.17) is 11.6 Å². The molecule has 0 atom stereocenters. The first kappa shape index (κ1) is 27.3. The molecule has 9 heteroatoms. The summed E-state index contributed by atoms with van der Waals surface area (Å²) in [6.45, 7) is 5.61. The third-order valence-corrected chi connectivity index (χ3v) is 8.64. The van der Waals surface area contributed by atoms with Crippen LogP contribution in [0.4, 0.5) is 11.4 Å². The summed E-state index contributed by atoms with van der Waals surface area (Å²) < 4.78 is 57.1. The van der Waals surface area contributed by atoms with E-state index in [2.05, 4.69) is 21.3 Å². The van der Waals surface area contributed by atoms with Gasteiger partial charge in [-0.1, -0.05) is 64.9 Å². The van der Waals surface area contributed by atoms with E-state index in [0.29, 0.717) is 21.8 Å². The number of sulfonamides is 2. The van der Waals surface area contributed by atoms with Gasteiger partial charge in [-0.05, 0) is 80.9 Å². The maximum absolute atomic E-state index is 13.0. The average molecular weight is 565 g/mol. The van der Waals surface area contributed by atoms with E-state index in [1.807, 2.05) is 20.8 Å². The summed E-state index contributed by atoms with van der Waals surface area (Å²) >= 11 is 6.19. The van der Waals surface area contributed by atoms with Crippen molar-refractivity contribution in [3.05, 3.63) is 118 Å². The van der Waals surface area contributed by atoms with E-state index < -0.39 is 20.0 Å². The minimum atomic E-state index is -3.87. The molecule has 2 N–H and O–H groups in total. The van der Waals surface area contributed by atoms with Gasteiger partial charge in [0.25, 0.3) is 20.0 Å². The van der Waals surface area contributed by atoms with Crippen LogP contribution in [0.3, 0.4) is 0 Å². The lowest BCUT2D eigenvalue weighted by Crippen LogP contribution is -2.14. The first-order valence-corrected chi connectivity index (χ1v) is 14.9. The van der Waals surface area contributed by atoms with Crippen molar-refractivity contribution in [2.45, 2.75) is 30.6 Å². The highest BCUT2D eigenvalue weighted by Crippen LogP contribution is 2.25. The zero-order valence-corrected chi connectivity index (χ0v) is 23.3. The summed E-state index contributed by atoms with van der Waals surface area (Å²) in [5.41, 5.74) is 4.06. The Morgan fingerprint density at radius 2 is 0.947 bits per heavy atom. The van der Waals surface area contributed by atoms with Gasteiger partial charge in [0.05, 0.1) is 26.7 Å². The van der Waals surface area contributed by atoms with Crippen molar-refractivity contribution in [1.29, 1.82) is 0 Å². The Balaban J connectivity index is 1.70. The van der Waals surface area contributed by atoms with E-state index in [1.165, 1.54) is 30.3 Å². The molecule has 6 nitrogen and oxygen atoms in total. The largest absolute Gasteiger partial charge is 0.278 e. The van der Waals surface area contributed by atoms with Gasteiger partial charge in [0.15, 0.2) is 0 Å². The van der Waals surface area contributed by atoms with Gasteiger partial charge >= 0.3 is 0 Å². The minimum Gasteiger partial charge on any atom is -0.278 e. The van der Waals surface area contributed by atoms with Crippen molar-refractivity contribution in [2.24, 2.45) is 0 Å². The molecule has 0 bridgehead atoms. The Labute approximate surface area is 228 Å². The summed E-state index contributed by atoms with van der Waals surface area (Å²) in [5.74, 6) is 5.94. The standard InChI is InChI=1S/C29H25ClN2O4S2/c1-20-4-12-26(13-5-20)37(33,34)31-28-16-8-22(3)18-23(28)9-10-24-19-25(30)11-17-29(24)32-38(35,36)27-14-6-21(2)7-15-27/h4-8,11-19,31-32H,1-3H3. The fourth-order valence-electron chi connectivity index (χ4n) is 3.54. The lowest BCUT2D eigenvalue weighted by molar-refractivity contribution is 0.599. The fraction of sp³-hybridized carbons (Fsp3) is 0.103. The molecule has 0 heterocycles. The van der Waals surface area contributed by atoms with Crippen LogP contribution in [0.5, 0.6) is 0 Å². The number of benzene rings is 4. The molecular weight excluding hydrogens is 540 g/mol. The highest BCUT2D eigenvalue weighted by Gasteiger charge is 2.17. The quantitative estimate of drug-likeness (QED) is 0.270. The number of aryl methyl sites for hydroxylation is 3. The van der Waals surface area contributed by atoms with Crippen LogP contribution in [0.1, 0.15) is 27.8 Å². The first-order valence-electron chi connectivity index (χ1n) is 11.5. The van der Waals surface area contributed by atoms with Crippen molar-refractivity contribution in [3.8, 4) is 11.8 Å². The zero-order valence-electron chi connectivity index (χ0n) is 20.9. The van der Waals surface area contributed by atoms with Gasteiger partial charge in [-0.2, -0.15) is 0 Å². The molecule has 0 aromatic heterocycles. The van der Waals surface area contributed by atoms with Crippen LogP contribution in [0.25, 0.3) is 0 Å². The lowest BCUT2D eigenvalue weighted by Gasteiger charge is -2.12. The van der Waals surface area contributed by atoms with E-state index in [9.17, 15) is 16.8 Å². The molecule has 0 unspecified atom stereocenters. The zero-order chi connectivity index (χ0) is 27.5. The van der Waals surface area contributed by atoms with Crippen LogP contribution < -0.4 is 9.44 Å². The normalized spacial score (nSPS) is 11.4. The molecule has 0 fully saturated rings. The predicted molar refractivity (Wildman–Crippen MR) is 153 cm³/mol. The van der Waals surface area contributed by atoms with E-state index in [1.54, 1.807) is 54.6 Å². The molecule has 194 valence electrons. The number of hydrogen-bond acceptors (Lipinski definition) is 4. The third kappa shape index (κ3) is 6.56. The maximum atomic E-state index is 13.0. The monoisotopic (exact) mass is 564 g/mol. The van der Waals surface area contributed by atoms with Gasteiger partial charge in [0, 0.05) is 10.6 Å². The SMILES string of the molecule is Cc1ccc(S(=O)(=O)Nc2ccc(C)cc2C#Cc2cc(Cl)ccc2NS(=O)(=O)c2ccc(C)cc2)cc1. The number of anilines is 2.